The zero-order valence-corrected chi connectivity index (χ0v) is 89.4. The molecule has 0 aliphatic heterocycles. The molecule has 28 heteroatoms. The quantitative estimate of drug-likeness (QED) is 0.130. The summed E-state index contributed by atoms with van der Waals surface area (Å²) in [6.07, 6.45) is 30.9. The van der Waals surface area contributed by atoms with Gasteiger partial charge in [0, 0.05) is 33.5 Å². The van der Waals surface area contributed by atoms with Crippen LogP contribution in [0.2, 0.25) is 5.02 Å². The smallest absolute Gasteiger partial charge is 0.123 e. The van der Waals surface area contributed by atoms with Crippen LogP contribution in [0.15, 0.2) is 296 Å². The van der Waals surface area contributed by atoms with Crippen LogP contribution in [0.4, 0.5) is 0 Å². The molecule has 27 nitrogen and oxygen atoms in total. The summed E-state index contributed by atoms with van der Waals surface area (Å²) in [4.78, 5) is 0. The third-order valence-corrected chi connectivity index (χ3v) is 23.7. The standard InChI is InChI=1S/5C13H17N3.C12H14ClN3.3C12H15N3/c2*1-10-5-11(13(2,3)4)7-12(6-10)16-8-14-15-9-16;2*1-10-5-6-11(13(2,3)4)7-12(10)16-8-14-15-9-16;1-10-11(13(2,3)4)6-5-7-12(10)16-8-14-15-9-16;1-12(2,3)10-6-9(4-5-11(10)13)16-7-14-15-8-16;1-12(2,3)10-4-6-11(7-5-10)15-8-13-14-9-15;1-12(2,3)10-5-4-6-11(7-10)15-8-13-14-9-15;1-12(2,3)10-6-4-5-7-11(10)15-8-13-14-9-15/h5*5-9H,1-4H3;4-8H,1-3H3;3*4-9H,1-3H3. The van der Waals surface area contributed by atoms with Crippen LogP contribution in [-0.4, -0.2) is 133 Å². The normalized spacial score (nSPS) is 11.7. The Morgan fingerprint density at radius 3 is 0.787 bits per heavy atom. The Hall–Kier alpha value is -14.5. The molecule has 0 aliphatic rings. The summed E-state index contributed by atoms with van der Waals surface area (Å²) >= 11 is 6.20. The molecule has 0 fully saturated rings. The molecule has 0 saturated carbocycles. The van der Waals surface area contributed by atoms with Crippen molar-refractivity contribution in [3.63, 3.8) is 0 Å². The van der Waals surface area contributed by atoms with Crippen molar-refractivity contribution in [2.45, 2.75) is 270 Å². The zero-order chi connectivity index (χ0) is 103. The Kier molecular flexibility index (Phi) is 35.8. The molecule has 0 spiro atoms. The van der Waals surface area contributed by atoms with Crippen molar-refractivity contribution >= 4 is 11.6 Å². The number of halogens is 1. The number of para-hydroxylation sites is 1. The highest BCUT2D eigenvalue weighted by Crippen LogP contribution is 2.36. The Balaban J connectivity index is 0.000000163. The van der Waals surface area contributed by atoms with Crippen LogP contribution in [0.3, 0.4) is 0 Å². The second-order valence-corrected chi connectivity index (χ2v) is 44.8. The van der Waals surface area contributed by atoms with E-state index in [1.54, 1.807) is 114 Å². The summed E-state index contributed by atoms with van der Waals surface area (Å²) in [5.74, 6) is 0. The van der Waals surface area contributed by atoms with Crippen LogP contribution < -0.4 is 0 Å². The Morgan fingerprint density at radius 2 is 0.440 bits per heavy atom. The lowest BCUT2D eigenvalue weighted by atomic mass is 9.83. The van der Waals surface area contributed by atoms with E-state index in [0.717, 1.165) is 61.8 Å². The third-order valence-electron chi connectivity index (χ3n) is 23.4. The summed E-state index contributed by atoms with van der Waals surface area (Å²) in [7, 11) is 0. The summed E-state index contributed by atoms with van der Waals surface area (Å²) in [6.45, 7) is 70.2. The molecule has 18 aromatic rings. The first-order valence-electron chi connectivity index (χ1n) is 47.4. The van der Waals surface area contributed by atoms with E-state index in [1.807, 2.05) is 59.3 Å². The number of hydrogen-bond acceptors (Lipinski definition) is 18. The highest BCUT2D eigenvalue weighted by Gasteiger charge is 2.25. The molecule has 0 unspecified atom stereocenters. The molecule has 0 bridgehead atoms. The van der Waals surface area contributed by atoms with Gasteiger partial charge in [-0.15, -0.1) is 91.8 Å². The second-order valence-electron chi connectivity index (χ2n) is 44.4. The van der Waals surface area contributed by atoms with Gasteiger partial charge in [0.1, 0.15) is 114 Å². The summed E-state index contributed by atoms with van der Waals surface area (Å²) in [6, 6.07) is 63.7. The highest BCUT2D eigenvalue weighted by atomic mass is 35.5. The van der Waals surface area contributed by atoms with Gasteiger partial charge >= 0.3 is 0 Å². The molecule has 9 heterocycles. The fourth-order valence-corrected chi connectivity index (χ4v) is 15.3. The number of nitrogens with zero attached hydrogens (tertiary/aromatic N) is 27. The zero-order valence-electron chi connectivity index (χ0n) is 88.7. The lowest BCUT2D eigenvalue weighted by molar-refractivity contribution is 0.585. The van der Waals surface area contributed by atoms with Gasteiger partial charge in [0.25, 0.3) is 0 Å². The minimum atomic E-state index is 0.0289. The van der Waals surface area contributed by atoms with Gasteiger partial charge in [-0.3, -0.25) is 41.1 Å². The van der Waals surface area contributed by atoms with Gasteiger partial charge in [-0.25, -0.2) is 0 Å². The molecule has 18 rings (SSSR count). The Morgan fingerprint density at radius 1 is 0.177 bits per heavy atom. The van der Waals surface area contributed by atoms with Crippen LogP contribution >= 0.6 is 11.6 Å². The van der Waals surface area contributed by atoms with E-state index in [2.05, 4.69) is 477 Å². The second kappa shape index (κ2) is 46.5. The van der Waals surface area contributed by atoms with Crippen molar-refractivity contribution in [2.24, 2.45) is 0 Å². The SMILES string of the molecule is CC(C)(C)c1cc(-n2cnnc2)ccc1Cl.CC(C)(C)c1ccc(-n2cnnc2)cc1.CC(C)(C)c1cccc(-n2cnnc2)c1.CC(C)(C)c1ccccc1-n1cnnc1.Cc1c(-n2cnnc2)cccc1C(C)(C)C.Cc1cc(-n2cnnc2)cc(C(C)(C)C)c1.Cc1cc(-n2cnnc2)cc(C(C)(C)C)c1.Cc1ccc(C(C)(C)C)cc1-n1cnnc1.Cc1ccc(C(C)(C)C)cc1-n1cnnc1. The van der Waals surface area contributed by atoms with Crippen LogP contribution in [0.25, 0.3) is 51.2 Å². The fourth-order valence-electron chi connectivity index (χ4n) is 14.9. The van der Waals surface area contributed by atoms with Crippen LogP contribution in [0.5, 0.6) is 0 Å². The average molecular weight is 1920 g/mol. The topological polar surface area (TPSA) is 276 Å². The minimum Gasteiger partial charge on any atom is -0.288 e. The van der Waals surface area contributed by atoms with E-state index in [1.165, 1.54) is 72.3 Å². The molecule has 738 valence electrons. The van der Waals surface area contributed by atoms with Crippen LogP contribution in [0.1, 0.15) is 265 Å². The van der Waals surface area contributed by atoms with Crippen LogP contribution in [0, 0.1) is 34.6 Å². The first-order chi connectivity index (χ1) is 66.1. The van der Waals surface area contributed by atoms with Crippen molar-refractivity contribution in [2.75, 3.05) is 0 Å². The van der Waals surface area contributed by atoms with E-state index in [-0.39, 0.29) is 48.7 Å². The first kappa shape index (κ1) is 109. The molecular formula is C113H144ClN27. The predicted molar refractivity (Wildman–Crippen MR) is 569 cm³/mol. The van der Waals surface area contributed by atoms with Gasteiger partial charge in [0.2, 0.25) is 0 Å². The number of aromatic nitrogens is 27. The molecular weight excluding hydrogens is 1770 g/mol. The predicted octanol–water partition coefficient (Wildman–Crippen LogP) is 25.3. The average Bonchev–Trinajstić information content (AvgIpc) is 1.79. The molecule has 0 amide bonds. The van der Waals surface area contributed by atoms with Crippen molar-refractivity contribution in [3.8, 4) is 51.2 Å². The molecule has 9 aromatic carbocycles. The molecule has 0 aliphatic carbocycles. The minimum absolute atomic E-state index is 0.0289. The number of aryl methyl sites for hydroxylation is 4. The van der Waals surface area contributed by atoms with E-state index in [0.29, 0.717) is 0 Å². The van der Waals surface area contributed by atoms with Crippen LogP contribution in [-0.2, 0) is 48.7 Å². The Bertz CT molecular complexity index is 6550. The van der Waals surface area contributed by atoms with Crippen molar-refractivity contribution in [3.05, 3.63) is 379 Å². The molecule has 9 aromatic heterocycles. The summed E-state index contributed by atoms with van der Waals surface area (Å²) in [5, 5.41) is 69.6. The third kappa shape index (κ3) is 31.5. The largest absolute Gasteiger partial charge is 0.288 e. The number of hydrogen-bond donors (Lipinski definition) is 0. The van der Waals surface area contributed by atoms with Gasteiger partial charge in [-0.1, -0.05) is 290 Å². The maximum absolute atomic E-state index is 6.20. The van der Waals surface area contributed by atoms with Gasteiger partial charge < -0.3 is 0 Å². The number of benzene rings is 9. The molecule has 0 N–H and O–H groups in total. The lowest BCUT2D eigenvalue weighted by Crippen LogP contribution is -2.14. The molecule has 0 radical (unpaired) electrons. The molecule has 0 saturated heterocycles. The van der Waals surface area contributed by atoms with E-state index < -0.39 is 0 Å². The van der Waals surface area contributed by atoms with Crippen molar-refractivity contribution < 1.29 is 0 Å². The van der Waals surface area contributed by atoms with E-state index >= 15 is 0 Å². The van der Waals surface area contributed by atoms with Gasteiger partial charge in [0.15, 0.2) is 0 Å². The Labute approximate surface area is 839 Å². The summed E-state index contributed by atoms with van der Waals surface area (Å²) < 4.78 is 17.3. The highest BCUT2D eigenvalue weighted by molar-refractivity contribution is 6.31. The summed E-state index contributed by atoms with van der Waals surface area (Å²) in [5.41, 5.74) is 29.4. The van der Waals surface area contributed by atoms with E-state index in [9.17, 15) is 0 Å². The van der Waals surface area contributed by atoms with Gasteiger partial charge in [0.05, 0.1) is 22.7 Å². The first-order valence-corrected chi connectivity index (χ1v) is 47.8. The van der Waals surface area contributed by atoms with Crippen molar-refractivity contribution in [1.29, 1.82) is 0 Å². The molecule has 141 heavy (non-hydrogen) atoms. The lowest BCUT2D eigenvalue weighted by Gasteiger charge is -2.23. The van der Waals surface area contributed by atoms with Gasteiger partial charge in [-0.05, 0) is 252 Å². The monoisotopic (exact) mass is 1910 g/mol. The van der Waals surface area contributed by atoms with Crippen molar-refractivity contribution in [1.82, 2.24) is 133 Å². The molecule has 0 atom stereocenters. The number of rotatable bonds is 9. The van der Waals surface area contributed by atoms with Gasteiger partial charge in [-0.2, -0.15) is 0 Å². The maximum Gasteiger partial charge on any atom is 0.123 e. The maximum atomic E-state index is 6.20. The fraction of sp³-hybridized carbons (Fsp3) is 0.363. The van der Waals surface area contributed by atoms with E-state index in [4.69, 9.17) is 11.6 Å².